The van der Waals surface area contributed by atoms with Crippen LogP contribution < -0.4 is 0 Å². The SMILES string of the molecule is Cc1cccc(N=NCc2ccc(C(C)C)cc2)c1. The molecule has 0 fully saturated rings. The Kier molecular flexibility index (Phi) is 4.45. The van der Waals surface area contributed by atoms with E-state index in [1.54, 1.807) is 0 Å². The normalized spacial score (nSPS) is 11.4. The number of azo groups is 1. The van der Waals surface area contributed by atoms with Gasteiger partial charge in [-0.3, -0.25) is 0 Å². The van der Waals surface area contributed by atoms with Gasteiger partial charge < -0.3 is 0 Å². The van der Waals surface area contributed by atoms with Crippen molar-refractivity contribution in [2.24, 2.45) is 10.2 Å². The van der Waals surface area contributed by atoms with Crippen molar-refractivity contribution in [3.8, 4) is 0 Å². The number of hydrogen-bond donors (Lipinski definition) is 0. The Morgan fingerprint density at radius 2 is 1.74 bits per heavy atom. The average Bonchev–Trinajstić information content (AvgIpc) is 2.39. The first-order chi connectivity index (χ1) is 9.15. The van der Waals surface area contributed by atoms with Gasteiger partial charge in [0.15, 0.2) is 0 Å². The molecule has 0 aliphatic carbocycles. The highest BCUT2D eigenvalue weighted by Gasteiger charge is 1.98. The summed E-state index contributed by atoms with van der Waals surface area (Å²) in [7, 11) is 0. The van der Waals surface area contributed by atoms with Crippen molar-refractivity contribution >= 4 is 5.69 Å². The van der Waals surface area contributed by atoms with Gasteiger partial charge >= 0.3 is 0 Å². The molecule has 2 nitrogen and oxygen atoms in total. The van der Waals surface area contributed by atoms with Crippen molar-refractivity contribution in [1.29, 1.82) is 0 Å². The molecule has 0 N–H and O–H groups in total. The predicted molar refractivity (Wildman–Crippen MR) is 79.9 cm³/mol. The minimum absolute atomic E-state index is 0.572. The molecule has 0 radical (unpaired) electrons. The summed E-state index contributed by atoms with van der Waals surface area (Å²) in [6.45, 7) is 7.09. The summed E-state index contributed by atoms with van der Waals surface area (Å²) in [5, 5.41) is 8.50. The van der Waals surface area contributed by atoms with Gasteiger partial charge in [0.2, 0.25) is 0 Å². The highest BCUT2D eigenvalue weighted by molar-refractivity contribution is 5.38. The summed E-state index contributed by atoms with van der Waals surface area (Å²) in [6, 6.07) is 16.7. The van der Waals surface area contributed by atoms with E-state index < -0.39 is 0 Å². The summed E-state index contributed by atoms with van der Waals surface area (Å²) in [4.78, 5) is 0. The number of rotatable bonds is 4. The second-order valence-corrected chi connectivity index (χ2v) is 5.13. The molecular formula is C17H20N2. The van der Waals surface area contributed by atoms with Crippen molar-refractivity contribution < 1.29 is 0 Å². The first-order valence-corrected chi connectivity index (χ1v) is 6.68. The highest BCUT2D eigenvalue weighted by atomic mass is 15.1. The van der Waals surface area contributed by atoms with Crippen LogP contribution in [0.3, 0.4) is 0 Å². The molecule has 2 heteroatoms. The molecular weight excluding hydrogens is 232 g/mol. The van der Waals surface area contributed by atoms with Gasteiger partial charge in [-0.25, -0.2) is 0 Å². The molecule has 0 aliphatic heterocycles. The van der Waals surface area contributed by atoms with Crippen molar-refractivity contribution in [3.63, 3.8) is 0 Å². The Hall–Kier alpha value is -1.96. The van der Waals surface area contributed by atoms with Crippen LogP contribution in [0.2, 0.25) is 0 Å². The Balaban J connectivity index is 1.98. The van der Waals surface area contributed by atoms with Crippen LogP contribution in [0.5, 0.6) is 0 Å². The summed E-state index contributed by atoms with van der Waals surface area (Å²) in [5.41, 5.74) is 4.68. The second-order valence-electron chi connectivity index (χ2n) is 5.13. The topological polar surface area (TPSA) is 24.7 Å². The molecule has 0 spiro atoms. The van der Waals surface area contributed by atoms with Crippen LogP contribution >= 0.6 is 0 Å². The summed E-state index contributed by atoms with van der Waals surface area (Å²) in [6.07, 6.45) is 0. The molecule has 0 unspecified atom stereocenters. The van der Waals surface area contributed by atoms with Crippen LogP contribution in [-0.4, -0.2) is 0 Å². The molecule has 0 amide bonds. The average molecular weight is 252 g/mol. The number of hydrogen-bond acceptors (Lipinski definition) is 2. The molecule has 0 atom stereocenters. The van der Waals surface area contributed by atoms with Gasteiger partial charge in [0, 0.05) is 0 Å². The van der Waals surface area contributed by atoms with Crippen LogP contribution in [0.1, 0.15) is 36.5 Å². The molecule has 0 saturated heterocycles. The summed E-state index contributed by atoms with van der Waals surface area (Å²) >= 11 is 0. The monoisotopic (exact) mass is 252 g/mol. The molecule has 0 bridgehead atoms. The van der Waals surface area contributed by atoms with E-state index in [1.807, 2.05) is 18.2 Å². The maximum absolute atomic E-state index is 4.25. The Morgan fingerprint density at radius 1 is 1.00 bits per heavy atom. The Labute approximate surface area is 115 Å². The lowest BCUT2D eigenvalue weighted by Crippen LogP contribution is -1.87. The van der Waals surface area contributed by atoms with E-state index in [4.69, 9.17) is 0 Å². The van der Waals surface area contributed by atoms with Crippen LogP contribution in [0.15, 0.2) is 58.8 Å². The van der Waals surface area contributed by atoms with Gasteiger partial charge in [-0.1, -0.05) is 50.2 Å². The highest BCUT2D eigenvalue weighted by Crippen LogP contribution is 2.17. The van der Waals surface area contributed by atoms with E-state index in [0.29, 0.717) is 12.5 Å². The fourth-order valence-electron chi connectivity index (χ4n) is 1.90. The van der Waals surface area contributed by atoms with E-state index in [-0.39, 0.29) is 0 Å². The van der Waals surface area contributed by atoms with E-state index in [2.05, 4.69) is 61.3 Å². The lowest BCUT2D eigenvalue weighted by atomic mass is 10.0. The maximum atomic E-state index is 4.25. The molecule has 2 aromatic carbocycles. The third-order valence-electron chi connectivity index (χ3n) is 3.09. The van der Waals surface area contributed by atoms with E-state index in [1.165, 1.54) is 16.7 Å². The fraction of sp³-hybridized carbons (Fsp3) is 0.294. The first kappa shape index (κ1) is 13.5. The van der Waals surface area contributed by atoms with E-state index >= 15 is 0 Å². The van der Waals surface area contributed by atoms with Crippen molar-refractivity contribution in [2.45, 2.75) is 33.2 Å². The molecule has 0 aromatic heterocycles. The van der Waals surface area contributed by atoms with E-state index in [0.717, 1.165) is 5.69 Å². The van der Waals surface area contributed by atoms with Crippen LogP contribution in [0, 0.1) is 6.92 Å². The van der Waals surface area contributed by atoms with Gasteiger partial charge in [-0.2, -0.15) is 10.2 Å². The van der Waals surface area contributed by atoms with Crippen LogP contribution in [0.25, 0.3) is 0 Å². The lowest BCUT2D eigenvalue weighted by molar-refractivity contribution is 0.863. The molecule has 2 aromatic rings. The number of nitrogens with zero attached hydrogens (tertiary/aromatic N) is 2. The molecule has 98 valence electrons. The van der Waals surface area contributed by atoms with E-state index in [9.17, 15) is 0 Å². The predicted octanol–water partition coefficient (Wildman–Crippen LogP) is 5.40. The van der Waals surface area contributed by atoms with Crippen molar-refractivity contribution in [1.82, 2.24) is 0 Å². The molecule has 0 heterocycles. The zero-order valence-electron chi connectivity index (χ0n) is 11.8. The second kappa shape index (κ2) is 6.28. The molecule has 19 heavy (non-hydrogen) atoms. The molecule has 0 aliphatic rings. The molecule has 0 saturated carbocycles. The largest absolute Gasteiger partial charge is 0.184 e. The zero-order chi connectivity index (χ0) is 13.7. The van der Waals surface area contributed by atoms with Gasteiger partial charge in [0.1, 0.15) is 0 Å². The maximum Gasteiger partial charge on any atom is 0.0855 e. The number of aryl methyl sites for hydroxylation is 1. The lowest BCUT2D eigenvalue weighted by Gasteiger charge is -2.05. The van der Waals surface area contributed by atoms with Gasteiger partial charge in [-0.05, 0) is 41.7 Å². The Morgan fingerprint density at radius 3 is 2.37 bits per heavy atom. The van der Waals surface area contributed by atoms with Crippen LogP contribution in [0.4, 0.5) is 5.69 Å². The van der Waals surface area contributed by atoms with Crippen molar-refractivity contribution in [2.75, 3.05) is 0 Å². The van der Waals surface area contributed by atoms with Crippen LogP contribution in [-0.2, 0) is 6.54 Å². The first-order valence-electron chi connectivity index (χ1n) is 6.68. The zero-order valence-corrected chi connectivity index (χ0v) is 11.8. The molecule has 2 rings (SSSR count). The fourth-order valence-corrected chi connectivity index (χ4v) is 1.90. The minimum Gasteiger partial charge on any atom is -0.184 e. The van der Waals surface area contributed by atoms with Gasteiger partial charge in [0.05, 0.1) is 12.2 Å². The third kappa shape index (κ3) is 4.02. The smallest absolute Gasteiger partial charge is 0.0855 e. The van der Waals surface area contributed by atoms with Gasteiger partial charge in [0.25, 0.3) is 0 Å². The quantitative estimate of drug-likeness (QED) is 0.651. The minimum atomic E-state index is 0.572. The van der Waals surface area contributed by atoms with Gasteiger partial charge in [-0.15, -0.1) is 0 Å². The summed E-state index contributed by atoms with van der Waals surface area (Å²) < 4.78 is 0. The standard InChI is InChI=1S/C17H20N2/c1-13(2)16-9-7-15(8-10-16)12-18-19-17-6-4-5-14(3)11-17/h4-11,13H,12H2,1-3H3. The van der Waals surface area contributed by atoms with Crippen molar-refractivity contribution in [3.05, 3.63) is 65.2 Å². The number of benzene rings is 2. The summed E-state index contributed by atoms with van der Waals surface area (Å²) in [5.74, 6) is 0.572. The Bertz CT molecular complexity index is 554. The third-order valence-corrected chi connectivity index (χ3v) is 3.09.